The standard InChI is InChI=1S/C31H39N5O5/c1-20(6-2-3-17-37)31(41)24-18-23(35-29(39)26-8-5-16-33-26)13-14-27(24)36(30(31)40)19-21-9-11-22(12-10-21)34-28(38)25-7-4-15-32-25/h2,6,9-14,18,20,25-26,32-33,37,41H,3-5,7-8,15-17,19H2,1H3,(H,34,38)(H,35,39)/b6-2+/t20-,25-,26-,31+/m1/s1. The number of aliphatic hydroxyl groups is 2. The summed E-state index contributed by atoms with van der Waals surface area (Å²) < 4.78 is 0. The Labute approximate surface area is 240 Å². The zero-order chi connectivity index (χ0) is 29.0. The number of carbonyl (C=O) groups is 3. The lowest BCUT2D eigenvalue weighted by atomic mass is 9.82. The average molecular weight is 562 g/mol. The number of nitrogens with one attached hydrogen (secondary N) is 4. The fourth-order valence-corrected chi connectivity index (χ4v) is 5.85. The fraction of sp³-hybridized carbons (Fsp3) is 0.452. The second kappa shape index (κ2) is 12.5. The predicted molar refractivity (Wildman–Crippen MR) is 157 cm³/mol. The van der Waals surface area contributed by atoms with Crippen LogP contribution in [0.5, 0.6) is 0 Å². The Morgan fingerprint density at radius 2 is 1.63 bits per heavy atom. The fourth-order valence-electron chi connectivity index (χ4n) is 5.85. The van der Waals surface area contributed by atoms with E-state index in [1.807, 2.05) is 24.3 Å². The molecular formula is C31H39N5O5. The van der Waals surface area contributed by atoms with Crippen molar-refractivity contribution in [2.24, 2.45) is 5.92 Å². The van der Waals surface area contributed by atoms with E-state index < -0.39 is 17.4 Å². The lowest BCUT2D eigenvalue weighted by Gasteiger charge is -2.28. The van der Waals surface area contributed by atoms with Crippen LogP contribution < -0.4 is 26.2 Å². The molecule has 6 N–H and O–H groups in total. The SMILES string of the molecule is C[C@H](/C=C/CCO)[C@@]1(O)C(=O)N(Cc2ccc(NC(=O)[C@H]3CCCN3)cc2)c2ccc(NC(=O)[C@H]3CCCN3)cc21. The molecule has 3 aliphatic rings. The number of anilines is 3. The number of carbonyl (C=O) groups excluding carboxylic acids is 3. The van der Waals surface area contributed by atoms with Crippen molar-refractivity contribution >= 4 is 34.8 Å². The van der Waals surface area contributed by atoms with Gasteiger partial charge in [0.2, 0.25) is 11.8 Å². The van der Waals surface area contributed by atoms with Crippen molar-refractivity contribution in [1.82, 2.24) is 10.6 Å². The van der Waals surface area contributed by atoms with E-state index in [0.29, 0.717) is 29.0 Å². The summed E-state index contributed by atoms with van der Waals surface area (Å²) in [5, 5.41) is 33.4. The highest BCUT2D eigenvalue weighted by Gasteiger charge is 2.52. The predicted octanol–water partition coefficient (Wildman–Crippen LogP) is 2.38. The minimum absolute atomic E-state index is 0.0304. The summed E-state index contributed by atoms with van der Waals surface area (Å²) in [4.78, 5) is 40.7. The molecule has 0 aliphatic carbocycles. The first-order valence-electron chi connectivity index (χ1n) is 14.4. The van der Waals surface area contributed by atoms with Gasteiger partial charge in [-0.15, -0.1) is 0 Å². The molecular weight excluding hydrogens is 522 g/mol. The van der Waals surface area contributed by atoms with Crippen LogP contribution in [0.1, 0.15) is 50.2 Å². The quantitative estimate of drug-likeness (QED) is 0.245. The van der Waals surface area contributed by atoms with Crippen molar-refractivity contribution in [3.8, 4) is 0 Å². The number of aliphatic hydroxyl groups excluding tert-OH is 1. The van der Waals surface area contributed by atoms with Gasteiger partial charge in [-0.3, -0.25) is 14.4 Å². The maximum atomic E-state index is 13.9. The number of amides is 3. The Balaban J connectivity index is 1.38. The molecule has 41 heavy (non-hydrogen) atoms. The molecule has 0 saturated carbocycles. The number of rotatable bonds is 10. The summed E-state index contributed by atoms with van der Waals surface area (Å²) in [7, 11) is 0. The van der Waals surface area contributed by atoms with Crippen LogP contribution in [-0.4, -0.2) is 59.7 Å². The molecule has 10 heteroatoms. The van der Waals surface area contributed by atoms with Crippen LogP contribution in [0, 0.1) is 5.92 Å². The highest BCUT2D eigenvalue weighted by Crippen LogP contribution is 2.47. The molecule has 0 radical (unpaired) electrons. The van der Waals surface area contributed by atoms with Crippen LogP contribution in [-0.2, 0) is 26.5 Å². The summed E-state index contributed by atoms with van der Waals surface area (Å²) in [5.41, 5.74) is 1.17. The van der Waals surface area contributed by atoms with Gasteiger partial charge in [-0.2, -0.15) is 0 Å². The molecule has 2 aromatic carbocycles. The molecule has 2 aromatic rings. The number of fused-ring (bicyclic) bond motifs is 1. The van der Waals surface area contributed by atoms with Crippen molar-refractivity contribution in [2.75, 3.05) is 35.2 Å². The molecule has 218 valence electrons. The molecule has 3 amide bonds. The van der Waals surface area contributed by atoms with E-state index in [1.165, 1.54) is 0 Å². The second-order valence-electron chi connectivity index (χ2n) is 11.1. The average Bonchev–Trinajstić information content (AvgIpc) is 3.74. The van der Waals surface area contributed by atoms with Gasteiger partial charge in [0.15, 0.2) is 5.60 Å². The van der Waals surface area contributed by atoms with Gasteiger partial charge >= 0.3 is 0 Å². The van der Waals surface area contributed by atoms with E-state index in [0.717, 1.165) is 44.3 Å². The van der Waals surface area contributed by atoms with E-state index in [1.54, 1.807) is 42.2 Å². The summed E-state index contributed by atoms with van der Waals surface area (Å²) in [6.45, 7) is 3.60. The van der Waals surface area contributed by atoms with Crippen LogP contribution in [0.3, 0.4) is 0 Å². The summed E-state index contributed by atoms with van der Waals surface area (Å²) in [5.74, 6) is -1.24. The molecule has 3 heterocycles. The number of benzene rings is 2. The Morgan fingerprint density at radius 1 is 1.02 bits per heavy atom. The molecule has 0 unspecified atom stereocenters. The molecule has 10 nitrogen and oxygen atoms in total. The Bertz CT molecular complexity index is 1300. The van der Waals surface area contributed by atoms with Crippen LogP contribution >= 0.6 is 0 Å². The molecule has 5 rings (SSSR count). The zero-order valence-electron chi connectivity index (χ0n) is 23.4. The third-order valence-electron chi connectivity index (χ3n) is 8.23. The minimum atomic E-state index is -1.85. The van der Waals surface area contributed by atoms with Crippen molar-refractivity contribution < 1.29 is 24.6 Å². The van der Waals surface area contributed by atoms with E-state index in [9.17, 15) is 24.6 Å². The van der Waals surface area contributed by atoms with Crippen molar-refractivity contribution in [3.63, 3.8) is 0 Å². The Morgan fingerprint density at radius 3 is 2.22 bits per heavy atom. The van der Waals surface area contributed by atoms with Crippen molar-refractivity contribution in [1.29, 1.82) is 0 Å². The first-order valence-corrected chi connectivity index (χ1v) is 14.4. The molecule has 4 atom stereocenters. The summed E-state index contributed by atoms with van der Waals surface area (Å²) in [6.07, 6.45) is 7.41. The smallest absolute Gasteiger partial charge is 0.264 e. The third kappa shape index (κ3) is 6.06. The maximum Gasteiger partial charge on any atom is 0.264 e. The Kier molecular flexibility index (Phi) is 8.84. The zero-order valence-corrected chi connectivity index (χ0v) is 23.4. The largest absolute Gasteiger partial charge is 0.396 e. The van der Waals surface area contributed by atoms with E-state index in [-0.39, 0.29) is 37.0 Å². The third-order valence-corrected chi connectivity index (χ3v) is 8.23. The van der Waals surface area contributed by atoms with Crippen molar-refractivity contribution in [3.05, 3.63) is 65.7 Å². The van der Waals surface area contributed by atoms with Crippen LogP contribution in [0.15, 0.2) is 54.6 Å². The van der Waals surface area contributed by atoms with Gasteiger partial charge in [0, 0.05) is 29.5 Å². The number of hydrogen-bond donors (Lipinski definition) is 6. The van der Waals surface area contributed by atoms with Gasteiger partial charge in [-0.1, -0.05) is 31.2 Å². The lowest BCUT2D eigenvalue weighted by Crippen LogP contribution is -2.44. The van der Waals surface area contributed by atoms with Crippen molar-refractivity contribution in [2.45, 2.75) is 63.3 Å². The molecule has 0 bridgehead atoms. The molecule has 0 spiro atoms. The highest BCUT2D eigenvalue weighted by atomic mass is 16.3. The van der Waals surface area contributed by atoms with Gasteiger partial charge in [0.25, 0.3) is 5.91 Å². The molecule has 2 fully saturated rings. The van der Waals surface area contributed by atoms with Gasteiger partial charge in [-0.25, -0.2) is 0 Å². The van der Waals surface area contributed by atoms with Crippen LogP contribution in [0.2, 0.25) is 0 Å². The molecule has 0 aromatic heterocycles. The first-order chi connectivity index (χ1) is 19.8. The lowest BCUT2D eigenvalue weighted by molar-refractivity contribution is -0.139. The van der Waals surface area contributed by atoms with Gasteiger partial charge in [0.1, 0.15) is 0 Å². The number of hydrogen-bond acceptors (Lipinski definition) is 7. The maximum absolute atomic E-state index is 13.9. The topological polar surface area (TPSA) is 143 Å². The second-order valence-corrected chi connectivity index (χ2v) is 11.1. The molecule has 2 saturated heterocycles. The number of nitrogens with zero attached hydrogens (tertiary/aromatic N) is 1. The highest BCUT2D eigenvalue weighted by molar-refractivity contribution is 6.08. The van der Waals surface area contributed by atoms with Crippen LogP contribution in [0.4, 0.5) is 17.1 Å². The van der Waals surface area contributed by atoms with E-state index in [4.69, 9.17) is 0 Å². The van der Waals surface area contributed by atoms with E-state index in [2.05, 4.69) is 21.3 Å². The minimum Gasteiger partial charge on any atom is -0.396 e. The normalized spacial score (nSPS) is 24.6. The van der Waals surface area contributed by atoms with Gasteiger partial charge in [-0.05, 0) is 81.1 Å². The summed E-state index contributed by atoms with van der Waals surface area (Å²) in [6, 6.07) is 12.1. The monoisotopic (exact) mass is 561 g/mol. The Hall–Kier alpha value is -3.57. The molecule has 3 aliphatic heterocycles. The van der Waals surface area contributed by atoms with E-state index >= 15 is 0 Å². The van der Waals surface area contributed by atoms with Gasteiger partial charge < -0.3 is 36.4 Å². The van der Waals surface area contributed by atoms with Gasteiger partial charge in [0.05, 0.1) is 24.3 Å². The first kappa shape index (κ1) is 28.9. The van der Waals surface area contributed by atoms with Crippen LogP contribution in [0.25, 0.3) is 0 Å². The summed E-state index contributed by atoms with van der Waals surface area (Å²) >= 11 is 0.